The van der Waals surface area contributed by atoms with E-state index in [1.165, 1.54) is 32.4 Å². The Morgan fingerprint density at radius 2 is 1.42 bits per heavy atom. The fraction of sp³-hybridized carbons (Fsp3) is 0.314. The summed E-state index contributed by atoms with van der Waals surface area (Å²) in [7, 11) is -1.82. The molecule has 2 amide bonds. The summed E-state index contributed by atoms with van der Waals surface area (Å²) in [5.41, 5.74) is 3.62. The topological polar surface area (TPSA) is 164 Å². The third-order valence-electron chi connectivity index (χ3n) is 8.55. The number of nitrogens with zero attached hydrogens (tertiary/aromatic N) is 1. The van der Waals surface area contributed by atoms with Crippen molar-refractivity contribution >= 4 is 50.4 Å². The largest absolute Gasteiger partial charge is 0.467 e. The second-order valence-electron chi connectivity index (χ2n) is 11.8. The summed E-state index contributed by atoms with van der Waals surface area (Å²) >= 11 is 0. The van der Waals surface area contributed by atoms with E-state index in [9.17, 15) is 27.6 Å². The van der Waals surface area contributed by atoms with Crippen LogP contribution in [0.5, 0.6) is 0 Å². The SMILES string of the molecule is COC(=O)[C@H](Cc1c([C@H]2[C@H](C[C@H](NC(C)=O)C(=O)OC)c3ccccc3N2S(=O)(=O)c2ccc(C)cc2)[nH]c2ccccc12)NC(C)=O. The summed E-state index contributed by atoms with van der Waals surface area (Å²) in [4.78, 5) is 53.9. The van der Waals surface area contributed by atoms with Gasteiger partial charge in [0.25, 0.3) is 10.0 Å². The smallest absolute Gasteiger partial charge is 0.328 e. The number of hydrogen-bond donors (Lipinski definition) is 3. The van der Waals surface area contributed by atoms with Crippen molar-refractivity contribution in [3.63, 3.8) is 0 Å². The molecule has 0 saturated carbocycles. The molecule has 0 fully saturated rings. The third kappa shape index (κ3) is 6.63. The van der Waals surface area contributed by atoms with Crippen LogP contribution >= 0.6 is 0 Å². The minimum Gasteiger partial charge on any atom is -0.467 e. The van der Waals surface area contributed by atoms with E-state index in [0.717, 1.165) is 5.56 Å². The summed E-state index contributed by atoms with van der Waals surface area (Å²) in [5, 5.41) is 6.04. The molecule has 252 valence electrons. The predicted octanol–water partition coefficient (Wildman–Crippen LogP) is 3.80. The molecule has 1 aliphatic heterocycles. The Morgan fingerprint density at radius 3 is 2.06 bits per heavy atom. The number of aromatic amines is 1. The Kier molecular flexibility index (Phi) is 9.90. The molecule has 0 bridgehead atoms. The summed E-state index contributed by atoms with van der Waals surface area (Å²) in [5.74, 6) is -2.96. The Balaban J connectivity index is 1.79. The van der Waals surface area contributed by atoms with Crippen molar-refractivity contribution in [3.05, 3.63) is 95.2 Å². The molecule has 0 spiro atoms. The molecule has 1 aromatic heterocycles. The first-order valence-electron chi connectivity index (χ1n) is 15.4. The standard InChI is InChI=1S/C35H38N4O8S/c1-20-14-16-23(17-15-20)48(44,45)39-31-13-9-7-11-25(31)27(19-30(35(43)47-5)37-22(3)41)33(39)32-26(24-10-6-8-12-28(24)38-32)18-29(34(42)46-4)36-21(2)40/h6-17,27,29-30,33,38H,18-19H2,1-5H3,(H,36,40)(H,37,41)/t27-,29+,30+,33-/m1/s1. The number of aromatic nitrogens is 1. The average molecular weight is 675 g/mol. The Bertz CT molecular complexity index is 1970. The highest BCUT2D eigenvalue weighted by atomic mass is 32.2. The van der Waals surface area contributed by atoms with Crippen LogP contribution in [-0.2, 0) is 45.1 Å². The van der Waals surface area contributed by atoms with Crippen molar-refractivity contribution in [2.45, 2.75) is 62.6 Å². The molecule has 3 aromatic carbocycles. The number of rotatable bonds is 11. The minimum absolute atomic E-state index is 0.0191. The van der Waals surface area contributed by atoms with Crippen molar-refractivity contribution in [1.82, 2.24) is 15.6 Å². The van der Waals surface area contributed by atoms with Crippen LogP contribution in [0, 0.1) is 6.92 Å². The molecule has 13 heteroatoms. The molecule has 0 unspecified atom stereocenters. The molecular weight excluding hydrogens is 636 g/mol. The zero-order chi connectivity index (χ0) is 34.7. The van der Waals surface area contributed by atoms with Gasteiger partial charge in [-0.3, -0.25) is 13.9 Å². The van der Waals surface area contributed by atoms with E-state index >= 15 is 0 Å². The van der Waals surface area contributed by atoms with Crippen molar-refractivity contribution in [2.75, 3.05) is 18.5 Å². The van der Waals surface area contributed by atoms with E-state index < -0.39 is 57.8 Å². The molecular formula is C35H38N4O8S. The van der Waals surface area contributed by atoms with Crippen molar-refractivity contribution in [1.29, 1.82) is 0 Å². The van der Waals surface area contributed by atoms with E-state index in [0.29, 0.717) is 33.4 Å². The number of aryl methyl sites for hydroxylation is 1. The fourth-order valence-electron chi connectivity index (χ4n) is 6.50. The quantitative estimate of drug-likeness (QED) is 0.202. The number of sulfonamides is 1. The highest BCUT2D eigenvalue weighted by Crippen LogP contribution is 2.54. The molecule has 0 radical (unpaired) electrons. The molecule has 1 aliphatic rings. The maximum atomic E-state index is 14.8. The van der Waals surface area contributed by atoms with Crippen LogP contribution in [0.25, 0.3) is 10.9 Å². The summed E-state index contributed by atoms with van der Waals surface area (Å²) in [6, 6.07) is 17.7. The average Bonchev–Trinajstić information content (AvgIpc) is 3.58. The fourth-order valence-corrected chi connectivity index (χ4v) is 8.18. The van der Waals surface area contributed by atoms with E-state index in [1.807, 2.05) is 31.2 Å². The van der Waals surface area contributed by atoms with Gasteiger partial charge in [-0.25, -0.2) is 18.0 Å². The second kappa shape index (κ2) is 13.9. The number of para-hydroxylation sites is 2. The van der Waals surface area contributed by atoms with E-state index in [4.69, 9.17) is 9.47 Å². The van der Waals surface area contributed by atoms with Gasteiger partial charge in [-0.2, -0.15) is 0 Å². The Morgan fingerprint density at radius 1 is 0.833 bits per heavy atom. The molecule has 3 N–H and O–H groups in total. The van der Waals surface area contributed by atoms with Gasteiger partial charge in [0.2, 0.25) is 11.8 Å². The molecule has 48 heavy (non-hydrogen) atoms. The van der Waals surface area contributed by atoms with Gasteiger partial charge in [0.05, 0.1) is 30.8 Å². The number of methoxy groups -OCH3 is 2. The van der Waals surface area contributed by atoms with Crippen LogP contribution in [0.2, 0.25) is 0 Å². The van der Waals surface area contributed by atoms with Crippen molar-refractivity contribution < 1.29 is 37.1 Å². The van der Waals surface area contributed by atoms with E-state index in [2.05, 4.69) is 15.6 Å². The molecule has 4 aromatic rings. The maximum absolute atomic E-state index is 14.8. The molecule has 4 atom stereocenters. The monoisotopic (exact) mass is 674 g/mol. The first kappa shape index (κ1) is 34.2. The molecule has 12 nitrogen and oxygen atoms in total. The first-order valence-corrected chi connectivity index (χ1v) is 16.8. The number of esters is 2. The van der Waals surface area contributed by atoms with Gasteiger partial charge >= 0.3 is 11.9 Å². The Labute approximate surface area is 278 Å². The van der Waals surface area contributed by atoms with Crippen LogP contribution in [0.1, 0.15) is 54.6 Å². The van der Waals surface area contributed by atoms with Gasteiger partial charge in [-0.05, 0) is 48.7 Å². The number of carbonyl (C=O) groups is 4. The third-order valence-corrected chi connectivity index (χ3v) is 10.4. The molecule has 5 rings (SSSR count). The lowest BCUT2D eigenvalue weighted by Gasteiger charge is -2.32. The van der Waals surface area contributed by atoms with Gasteiger partial charge in [-0.1, -0.05) is 54.1 Å². The number of ether oxygens (including phenoxy) is 2. The van der Waals surface area contributed by atoms with Gasteiger partial charge < -0.3 is 25.1 Å². The zero-order valence-corrected chi connectivity index (χ0v) is 28.1. The lowest BCUT2D eigenvalue weighted by molar-refractivity contribution is -0.145. The molecule has 2 heterocycles. The summed E-state index contributed by atoms with van der Waals surface area (Å²) in [6.07, 6.45) is -0.0511. The second-order valence-corrected chi connectivity index (χ2v) is 13.6. The van der Waals surface area contributed by atoms with Crippen LogP contribution < -0.4 is 14.9 Å². The first-order chi connectivity index (χ1) is 22.9. The molecule has 0 aliphatic carbocycles. The van der Waals surface area contributed by atoms with Crippen LogP contribution in [0.15, 0.2) is 77.7 Å². The van der Waals surface area contributed by atoms with Crippen molar-refractivity contribution in [2.24, 2.45) is 0 Å². The minimum atomic E-state index is -4.26. The van der Waals surface area contributed by atoms with Gasteiger partial charge in [0, 0.05) is 42.8 Å². The van der Waals surface area contributed by atoms with Gasteiger partial charge in [-0.15, -0.1) is 0 Å². The van der Waals surface area contributed by atoms with Gasteiger partial charge in [0.1, 0.15) is 12.1 Å². The number of benzene rings is 3. The number of nitrogens with one attached hydrogen (secondary N) is 3. The number of amides is 2. The number of fused-ring (bicyclic) bond motifs is 2. The highest BCUT2D eigenvalue weighted by Gasteiger charge is 2.49. The number of H-pyrrole nitrogens is 1. The lowest BCUT2D eigenvalue weighted by atomic mass is 9.85. The van der Waals surface area contributed by atoms with Crippen LogP contribution in [0.4, 0.5) is 5.69 Å². The van der Waals surface area contributed by atoms with Crippen molar-refractivity contribution in [3.8, 4) is 0 Å². The van der Waals surface area contributed by atoms with Gasteiger partial charge in [0.15, 0.2) is 0 Å². The normalized spacial score (nSPS) is 16.9. The molecule has 0 saturated heterocycles. The highest BCUT2D eigenvalue weighted by molar-refractivity contribution is 7.92. The number of carbonyl (C=O) groups excluding carboxylic acids is 4. The van der Waals surface area contributed by atoms with Crippen LogP contribution in [-0.4, -0.2) is 63.5 Å². The summed E-state index contributed by atoms with van der Waals surface area (Å²) < 4.78 is 40.9. The number of anilines is 1. The van der Waals surface area contributed by atoms with E-state index in [-0.39, 0.29) is 17.7 Å². The van der Waals surface area contributed by atoms with E-state index in [1.54, 1.807) is 48.5 Å². The lowest BCUT2D eigenvalue weighted by Crippen LogP contribution is -2.43. The zero-order valence-electron chi connectivity index (χ0n) is 27.3. The summed E-state index contributed by atoms with van der Waals surface area (Å²) in [6.45, 7) is 4.44. The number of hydrogen-bond acceptors (Lipinski definition) is 8. The Hall–Kier alpha value is -5.17. The van der Waals surface area contributed by atoms with Crippen LogP contribution in [0.3, 0.4) is 0 Å². The predicted molar refractivity (Wildman–Crippen MR) is 179 cm³/mol. The maximum Gasteiger partial charge on any atom is 0.328 e.